The molecule has 0 unspecified atom stereocenters. The molecule has 1 amide bonds. The van der Waals surface area contributed by atoms with Crippen molar-refractivity contribution in [2.45, 2.75) is 34.6 Å². The van der Waals surface area contributed by atoms with Gasteiger partial charge in [-0.05, 0) is 56.3 Å². The zero-order chi connectivity index (χ0) is 24.2. The quantitative estimate of drug-likeness (QED) is 0.346. The number of nitrogens with one attached hydrogen (secondary N) is 2. The van der Waals surface area contributed by atoms with Crippen LogP contribution in [0.15, 0.2) is 81.4 Å². The van der Waals surface area contributed by atoms with Gasteiger partial charge in [-0.3, -0.25) is 14.9 Å². The number of carbonyl (C=O) groups is 1. The summed E-state index contributed by atoms with van der Waals surface area (Å²) >= 11 is 0.966. The van der Waals surface area contributed by atoms with Gasteiger partial charge in [-0.2, -0.15) is 0 Å². The Morgan fingerprint density at radius 1 is 1.03 bits per heavy atom. The van der Waals surface area contributed by atoms with Crippen molar-refractivity contribution in [1.82, 2.24) is 4.72 Å². The van der Waals surface area contributed by atoms with Crippen molar-refractivity contribution in [2.24, 2.45) is 0 Å². The van der Waals surface area contributed by atoms with Gasteiger partial charge in [0, 0.05) is 33.7 Å². The lowest BCUT2D eigenvalue weighted by Crippen LogP contribution is -2.30. The fourth-order valence-corrected chi connectivity index (χ4v) is 5.04. The third-order valence-corrected chi connectivity index (χ3v) is 7.09. The molecule has 3 aromatic carbocycles. The summed E-state index contributed by atoms with van der Waals surface area (Å²) in [4.78, 5) is 24.1. The van der Waals surface area contributed by atoms with Gasteiger partial charge < -0.3 is 5.32 Å². The van der Waals surface area contributed by atoms with Crippen LogP contribution < -0.4 is 10.0 Å². The van der Waals surface area contributed by atoms with Crippen LogP contribution in [0.3, 0.4) is 0 Å². The highest BCUT2D eigenvalue weighted by atomic mass is 32.2. The minimum Gasteiger partial charge on any atom is -0.322 e. The number of carbonyl (C=O) groups excluding carboxylic acids is 1. The lowest BCUT2D eigenvalue weighted by Gasteiger charge is -2.12. The molecule has 0 radical (unpaired) electrons. The SMILES string of the molecule is CC(C)NS(=O)(=O)c1ccc(NC(=O)c2cc([N+](=O)[O-])ccc2Sc2ccccc2F)cc1. The van der Waals surface area contributed by atoms with E-state index in [0.29, 0.717) is 4.90 Å². The largest absolute Gasteiger partial charge is 0.322 e. The lowest BCUT2D eigenvalue weighted by atomic mass is 10.2. The van der Waals surface area contributed by atoms with Crippen LogP contribution in [0.2, 0.25) is 0 Å². The highest BCUT2D eigenvalue weighted by Crippen LogP contribution is 2.34. The van der Waals surface area contributed by atoms with Crippen molar-refractivity contribution >= 4 is 39.1 Å². The van der Waals surface area contributed by atoms with Crippen LogP contribution in [0.25, 0.3) is 0 Å². The Bertz CT molecular complexity index is 1300. The predicted molar refractivity (Wildman–Crippen MR) is 123 cm³/mol. The van der Waals surface area contributed by atoms with Crippen molar-refractivity contribution < 1.29 is 22.5 Å². The third-order valence-electron chi connectivity index (χ3n) is 4.29. The van der Waals surface area contributed by atoms with Crippen LogP contribution in [0.1, 0.15) is 24.2 Å². The molecule has 3 aromatic rings. The second-order valence-electron chi connectivity index (χ2n) is 7.22. The van der Waals surface area contributed by atoms with Crippen LogP contribution in [0.5, 0.6) is 0 Å². The molecular formula is C22H20FN3O5S2. The van der Waals surface area contributed by atoms with E-state index in [2.05, 4.69) is 10.0 Å². The Balaban J connectivity index is 1.88. The maximum atomic E-state index is 14.1. The monoisotopic (exact) mass is 489 g/mol. The number of nitro groups is 1. The average Bonchev–Trinajstić information content (AvgIpc) is 2.75. The van der Waals surface area contributed by atoms with Gasteiger partial charge in [0.1, 0.15) is 5.82 Å². The van der Waals surface area contributed by atoms with Gasteiger partial charge in [0.15, 0.2) is 0 Å². The van der Waals surface area contributed by atoms with Gasteiger partial charge in [-0.1, -0.05) is 23.9 Å². The molecule has 0 saturated carbocycles. The van der Waals surface area contributed by atoms with Crippen LogP contribution >= 0.6 is 11.8 Å². The average molecular weight is 490 g/mol. The van der Waals surface area contributed by atoms with Crippen molar-refractivity contribution in [2.75, 3.05) is 5.32 Å². The van der Waals surface area contributed by atoms with Crippen LogP contribution in [-0.2, 0) is 10.0 Å². The fourth-order valence-electron chi connectivity index (χ4n) is 2.84. The van der Waals surface area contributed by atoms with Crippen molar-refractivity contribution in [3.05, 3.63) is 88.2 Å². The number of amides is 1. The topological polar surface area (TPSA) is 118 Å². The van der Waals surface area contributed by atoms with E-state index in [1.54, 1.807) is 19.9 Å². The number of hydrogen-bond donors (Lipinski definition) is 2. The number of non-ortho nitro benzene ring substituents is 1. The molecule has 0 atom stereocenters. The molecule has 33 heavy (non-hydrogen) atoms. The normalized spacial score (nSPS) is 11.4. The number of nitro benzene ring substituents is 1. The Hall–Kier alpha value is -3.28. The Morgan fingerprint density at radius 2 is 1.70 bits per heavy atom. The summed E-state index contributed by atoms with van der Waals surface area (Å²) in [6, 6.07) is 14.9. The smallest absolute Gasteiger partial charge is 0.270 e. The van der Waals surface area contributed by atoms with Gasteiger partial charge in [0.05, 0.1) is 15.4 Å². The molecule has 0 fully saturated rings. The van der Waals surface area contributed by atoms with E-state index in [0.717, 1.165) is 17.8 Å². The summed E-state index contributed by atoms with van der Waals surface area (Å²) in [5, 5.41) is 13.8. The first-order valence-electron chi connectivity index (χ1n) is 9.71. The van der Waals surface area contributed by atoms with E-state index in [1.165, 1.54) is 54.6 Å². The highest BCUT2D eigenvalue weighted by molar-refractivity contribution is 7.99. The van der Waals surface area contributed by atoms with E-state index < -0.39 is 26.7 Å². The number of sulfonamides is 1. The summed E-state index contributed by atoms with van der Waals surface area (Å²) in [5.74, 6) is -1.15. The number of rotatable bonds is 8. The number of anilines is 1. The van der Waals surface area contributed by atoms with E-state index in [-0.39, 0.29) is 32.8 Å². The Labute approximate surface area is 194 Å². The summed E-state index contributed by atoms with van der Waals surface area (Å²) in [6.07, 6.45) is 0. The van der Waals surface area contributed by atoms with Gasteiger partial charge >= 0.3 is 0 Å². The summed E-state index contributed by atoms with van der Waals surface area (Å²) < 4.78 is 41.1. The van der Waals surface area contributed by atoms with Crippen LogP contribution in [0.4, 0.5) is 15.8 Å². The first-order valence-corrected chi connectivity index (χ1v) is 12.0. The van der Waals surface area contributed by atoms with E-state index in [1.807, 2.05) is 0 Å². The molecule has 3 rings (SSSR count). The molecule has 0 saturated heterocycles. The Morgan fingerprint density at radius 3 is 2.30 bits per heavy atom. The van der Waals surface area contributed by atoms with Crippen LogP contribution in [-0.4, -0.2) is 25.3 Å². The zero-order valence-corrected chi connectivity index (χ0v) is 19.2. The molecule has 172 valence electrons. The maximum absolute atomic E-state index is 14.1. The number of nitrogens with zero attached hydrogens (tertiary/aromatic N) is 1. The molecule has 0 heterocycles. The first kappa shape index (κ1) is 24.4. The van der Waals surface area contributed by atoms with E-state index in [9.17, 15) is 27.7 Å². The highest BCUT2D eigenvalue weighted by Gasteiger charge is 2.20. The molecule has 0 aromatic heterocycles. The summed E-state index contributed by atoms with van der Waals surface area (Å²) in [7, 11) is -3.69. The zero-order valence-electron chi connectivity index (χ0n) is 17.6. The van der Waals surface area contributed by atoms with Gasteiger partial charge in [-0.25, -0.2) is 17.5 Å². The van der Waals surface area contributed by atoms with E-state index >= 15 is 0 Å². The number of halogens is 1. The van der Waals surface area contributed by atoms with Crippen molar-refractivity contribution in [1.29, 1.82) is 0 Å². The number of hydrogen-bond acceptors (Lipinski definition) is 6. The molecule has 0 aliphatic rings. The molecule has 2 N–H and O–H groups in total. The van der Waals surface area contributed by atoms with Gasteiger partial charge in [-0.15, -0.1) is 0 Å². The molecule has 11 heteroatoms. The van der Waals surface area contributed by atoms with Gasteiger partial charge in [0.2, 0.25) is 10.0 Å². The minimum absolute atomic E-state index is 0.0179. The van der Waals surface area contributed by atoms with Crippen LogP contribution in [0, 0.1) is 15.9 Å². The Kier molecular flexibility index (Phi) is 7.46. The maximum Gasteiger partial charge on any atom is 0.270 e. The molecule has 0 bridgehead atoms. The fraction of sp³-hybridized carbons (Fsp3) is 0.136. The third kappa shape index (κ3) is 6.15. The first-order chi connectivity index (χ1) is 15.6. The van der Waals surface area contributed by atoms with Gasteiger partial charge in [0.25, 0.3) is 11.6 Å². The standard InChI is InChI=1S/C22H20FN3O5S2/c1-14(2)25-33(30,31)17-10-7-15(8-11-17)24-22(27)18-13-16(26(28)29)9-12-20(18)32-21-6-4-3-5-19(21)23/h3-14,25H,1-2H3,(H,24,27). The lowest BCUT2D eigenvalue weighted by molar-refractivity contribution is -0.384. The minimum atomic E-state index is -3.69. The van der Waals surface area contributed by atoms with Crippen molar-refractivity contribution in [3.8, 4) is 0 Å². The van der Waals surface area contributed by atoms with Crippen molar-refractivity contribution in [3.63, 3.8) is 0 Å². The predicted octanol–water partition coefficient (Wildman–Crippen LogP) is 4.82. The second-order valence-corrected chi connectivity index (χ2v) is 10.0. The summed E-state index contributed by atoms with van der Waals surface area (Å²) in [6.45, 7) is 3.39. The molecular weight excluding hydrogens is 469 g/mol. The molecule has 0 aliphatic heterocycles. The molecule has 0 aliphatic carbocycles. The number of benzene rings is 3. The van der Waals surface area contributed by atoms with E-state index in [4.69, 9.17) is 0 Å². The molecule has 8 nitrogen and oxygen atoms in total. The summed E-state index contributed by atoms with van der Waals surface area (Å²) in [5.41, 5.74) is -0.0216. The second kappa shape index (κ2) is 10.1. The molecule has 0 spiro atoms.